The van der Waals surface area contributed by atoms with Crippen molar-refractivity contribution >= 4 is 21.4 Å². The first-order chi connectivity index (χ1) is 8.40. The molecular formula is C12H20N2O3S. The highest BCUT2D eigenvalue weighted by atomic mass is 32.2. The van der Waals surface area contributed by atoms with Crippen LogP contribution in [0.5, 0.6) is 0 Å². The Balaban J connectivity index is 2.60. The summed E-state index contributed by atoms with van der Waals surface area (Å²) >= 11 is 0. The minimum Gasteiger partial charge on any atom is -0.385 e. The summed E-state index contributed by atoms with van der Waals surface area (Å²) in [7, 11) is -1.56. The van der Waals surface area contributed by atoms with Crippen LogP contribution in [0, 0.1) is 5.92 Å². The first-order valence-corrected chi connectivity index (χ1v) is 7.60. The van der Waals surface area contributed by atoms with E-state index in [1.54, 1.807) is 25.3 Å². The van der Waals surface area contributed by atoms with Crippen molar-refractivity contribution in [3.8, 4) is 0 Å². The molecule has 1 atom stereocenters. The Bertz CT molecular complexity index is 474. The van der Waals surface area contributed by atoms with Crippen molar-refractivity contribution in [2.45, 2.75) is 6.92 Å². The number of rotatable bonds is 7. The first-order valence-electron chi connectivity index (χ1n) is 5.71. The van der Waals surface area contributed by atoms with E-state index in [1.165, 1.54) is 0 Å². The number of methoxy groups -OCH3 is 1. The van der Waals surface area contributed by atoms with Crippen molar-refractivity contribution < 1.29 is 13.2 Å². The van der Waals surface area contributed by atoms with E-state index in [1.807, 2.05) is 6.07 Å². The molecule has 0 aliphatic rings. The normalized spacial score (nSPS) is 13.1. The molecule has 0 saturated carbocycles. The van der Waals surface area contributed by atoms with E-state index < -0.39 is 10.0 Å². The quantitative estimate of drug-likeness (QED) is 0.793. The predicted molar refractivity (Wildman–Crippen MR) is 74.4 cm³/mol. The third-order valence-corrected chi connectivity index (χ3v) is 2.88. The molecule has 0 radical (unpaired) electrons. The molecule has 1 aromatic rings. The van der Waals surface area contributed by atoms with Gasteiger partial charge in [-0.05, 0) is 24.1 Å². The average Bonchev–Trinajstić information content (AvgIpc) is 2.25. The number of hydrogen-bond acceptors (Lipinski definition) is 4. The molecule has 0 aliphatic heterocycles. The standard InChI is InChI=1S/C12H20N2O3S/c1-10(9-17-2)8-13-11-5-4-6-12(7-11)14-18(3,15)16/h4-7,10,13-14H,8-9H2,1-3H3. The van der Waals surface area contributed by atoms with Gasteiger partial charge in [0.05, 0.1) is 18.6 Å². The second-order valence-electron chi connectivity index (χ2n) is 4.40. The maximum Gasteiger partial charge on any atom is 0.229 e. The number of benzene rings is 1. The Hall–Kier alpha value is -1.27. The van der Waals surface area contributed by atoms with Crippen LogP contribution in [0.15, 0.2) is 24.3 Å². The fraction of sp³-hybridized carbons (Fsp3) is 0.500. The molecule has 0 bridgehead atoms. The van der Waals surface area contributed by atoms with Crippen LogP contribution in [-0.2, 0) is 14.8 Å². The summed E-state index contributed by atoms with van der Waals surface area (Å²) in [6, 6.07) is 7.18. The van der Waals surface area contributed by atoms with Gasteiger partial charge in [0.15, 0.2) is 0 Å². The molecule has 0 saturated heterocycles. The topological polar surface area (TPSA) is 67.4 Å². The summed E-state index contributed by atoms with van der Waals surface area (Å²) in [5.41, 5.74) is 1.44. The van der Waals surface area contributed by atoms with Gasteiger partial charge >= 0.3 is 0 Å². The Morgan fingerprint density at radius 3 is 2.61 bits per heavy atom. The van der Waals surface area contributed by atoms with Crippen molar-refractivity contribution in [2.24, 2.45) is 5.92 Å². The SMILES string of the molecule is COCC(C)CNc1cccc(NS(C)(=O)=O)c1. The number of sulfonamides is 1. The number of anilines is 2. The molecule has 102 valence electrons. The van der Waals surface area contributed by atoms with Gasteiger partial charge in [-0.15, -0.1) is 0 Å². The summed E-state index contributed by atoms with van der Waals surface area (Å²) in [4.78, 5) is 0. The van der Waals surface area contributed by atoms with E-state index in [2.05, 4.69) is 17.0 Å². The highest BCUT2D eigenvalue weighted by Crippen LogP contribution is 2.16. The van der Waals surface area contributed by atoms with Crippen LogP contribution in [0.3, 0.4) is 0 Å². The Labute approximate surface area is 109 Å². The first kappa shape index (κ1) is 14.8. The van der Waals surface area contributed by atoms with Gasteiger partial charge in [-0.3, -0.25) is 4.72 Å². The van der Waals surface area contributed by atoms with Crippen molar-refractivity contribution in [3.63, 3.8) is 0 Å². The van der Waals surface area contributed by atoms with Gasteiger partial charge in [0.25, 0.3) is 0 Å². The fourth-order valence-electron chi connectivity index (χ4n) is 1.54. The van der Waals surface area contributed by atoms with E-state index in [4.69, 9.17) is 4.74 Å². The Morgan fingerprint density at radius 2 is 2.00 bits per heavy atom. The summed E-state index contributed by atoms with van der Waals surface area (Å²) in [5, 5.41) is 3.24. The Morgan fingerprint density at radius 1 is 1.33 bits per heavy atom. The molecule has 1 rings (SSSR count). The predicted octanol–water partition coefficient (Wildman–Crippen LogP) is 1.75. The molecule has 1 unspecified atom stereocenters. The van der Waals surface area contributed by atoms with Crippen molar-refractivity contribution in [1.82, 2.24) is 0 Å². The lowest BCUT2D eigenvalue weighted by Crippen LogP contribution is -2.16. The van der Waals surface area contributed by atoms with E-state index in [9.17, 15) is 8.42 Å². The van der Waals surface area contributed by atoms with Gasteiger partial charge in [0, 0.05) is 19.3 Å². The van der Waals surface area contributed by atoms with Crippen LogP contribution in [0.1, 0.15) is 6.92 Å². The molecule has 0 fully saturated rings. The molecule has 0 aliphatic carbocycles. The summed E-state index contributed by atoms with van der Waals surface area (Å²) < 4.78 is 29.7. The molecule has 0 aromatic heterocycles. The lowest BCUT2D eigenvalue weighted by Gasteiger charge is -2.13. The zero-order valence-corrected chi connectivity index (χ0v) is 11.8. The molecule has 0 spiro atoms. The molecular weight excluding hydrogens is 252 g/mol. The van der Waals surface area contributed by atoms with Crippen LogP contribution < -0.4 is 10.0 Å². The number of hydrogen-bond donors (Lipinski definition) is 2. The molecule has 6 heteroatoms. The zero-order valence-electron chi connectivity index (χ0n) is 10.9. The third-order valence-electron chi connectivity index (χ3n) is 2.27. The van der Waals surface area contributed by atoms with Crippen molar-refractivity contribution in [2.75, 3.05) is 36.6 Å². The van der Waals surface area contributed by atoms with Gasteiger partial charge < -0.3 is 10.1 Å². The van der Waals surface area contributed by atoms with Crippen LogP contribution in [0.4, 0.5) is 11.4 Å². The molecule has 0 heterocycles. The van der Waals surface area contributed by atoms with E-state index in [-0.39, 0.29) is 0 Å². The molecule has 5 nitrogen and oxygen atoms in total. The second kappa shape index (κ2) is 6.61. The van der Waals surface area contributed by atoms with E-state index >= 15 is 0 Å². The molecule has 1 aromatic carbocycles. The largest absolute Gasteiger partial charge is 0.385 e. The minimum atomic E-state index is -3.23. The third kappa shape index (κ3) is 5.88. The van der Waals surface area contributed by atoms with Gasteiger partial charge in [0.1, 0.15) is 0 Å². The number of nitrogens with one attached hydrogen (secondary N) is 2. The van der Waals surface area contributed by atoms with Crippen LogP contribution in [0.2, 0.25) is 0 Å². The highest BCUT2D eigenvalue weighted by Gasteiger charge is 2.04. The lowest BCUT2D eigenvalue weighted by molar-refractivity contribution is 0.164. The van der Waals surface area contributed by atoms with Crippen molar-refractivity contribution in [3.05, 3.63) is 24.3 Å². The van der Waals surface area contributed by atoms with Gasteiger partial charge in [0.2, 0.25) is 10.0 Å². The van der Waals surface area contributed by atoms with E-state index in [0.717, 1.165) is 18.5 Å². The van der Waals surface area contributed by atoms with Crippen LogP contribution >= 0.6 is 0 Å². The maximum atomic E-state index is 11.1. The minimum absolute atomic E-state index is 0.390. The molecule has 0 amide bonds. The molecule has 18 heavy (non-hydrogen) atoms. The summed E-state index contributed by atoms with van der Waals surface area (Å²) in [6.07, 6.45) is 1.13. The van der Waals surface area contributed by atoms with Crippen molar-refractivity contribution in [1.29, 1.82) is 0 Å². The monoisotopic (exact) mass is 272 g/mol. The summed E-state index contributed by atoms with van der Waals surface area (Å²) in [6.45, 7) is 3.54. The Kier molecular flexibility index (Phi) is 5.43. The van der Waals surface area contributed by atoms with Crippen LogP contribution in [-0.4, -0.2) is 34.9 Å². The highest BCUT2D eigenvalue weighted by molar-refractivity contribution is 7.92. The van der Waals surface area contributed by atoms with Gasteiger partial charge in [-0.25, -0.2) is 8.42 Å². The zero-order chi connectivity index (χ0) is 13.6. The van der Waals surface area contributed by atoms with Gasteiger partial charge in [-0.1, -0.05) is 13.0 Å². The second-order valence-corrected chi connectivity index (χ2v) is 6.14. The lowest BCUT2D eigenvalue weighted by atomic mass is 10.2. The average molecular weight is 272 g/mol. The molecule has 2 N–H and O–H groups in total. The van der Waals surface area contributed by atoms with Crippen LogP contribution in [0.25, 0.3) is 0 Å². The fourth-order valence-corrected chi connectivity index (χ4v) is 2.10. The van der Waals surface area contributed by atoms with Gasteiger partial charge in [-0.2, -0.15) is 0 Å². The van der Waals surface area contributed by atoms with E-state index in [0.29, 0.717) is 18.2 Å². The smallest absolute Gasteiger partial charge is 0.229 e. The number of ether oxygens (including phenoxy) is 1. The maximum absolute atomic E-state index is 11.1. The summed E-state index contributed by atoms with van der Waals surface area (Å²) in [5.74, 6) is 0.390.